The number of nitrogens with one attached hydrogen (secondary N) is 6. The summed E-state index contributed by atoms with van der Waals surface area (Å²) in [6.45, 7) is -0.393. The lowest BCUT2D eigenvalue weighted by atomic mass is 10.1. The van der Waals surface area contributed by atoms with Crippen molar-refractivity contribution in [3.63, 3.8) is 0 Å². The van der Waals surface area contributed by atoms with E-state index in [4.69, 9.17) is 10.2 Å². The Balaban J connectivity index is 1.64. The molecule has 0 fully saturated rings. The number of aliphatic hydroxyl groups is 2. The van der Waals surface area contributed by atoms with Crippen LogP contribution < -0.4 is 32.6 Å². The van der Waals surface area contributed by atoms with Crippen molar-refractivity contribution in [2.75, 3.05) is 47.6 Å². The number of H-pyrrole nitrogens is 2. The predicted molar refractivity (Wildman–Crippen MR) is 164 cm³/mol. The number of benzene rings is 2. The number of aliphatic hydroxyl groups excluding tert-OH is 2. The molecule has 0 spiro atoms. The van der Waals surface area contributed by atoms with E-state index in [9.17, 15) is 35.5 Å². The molecule has 20 nitrogen and oxygen atoms in total. The molecule has 0 unspecified atom stereocenters. The van der Waals surface area contributed by atoms with Crippen molar-refractivity contribution in [2.24, 2.45) is 0 Å². The highest BCUT2D eigenvalue weighted by Gasteiger charge is 2.18. The van der Waals surface area contributed by atoms with Crippen LogP contribution in [0.25, 0.3) is 12.2 Å². The standard InChI is InChI=1S/C24H26N10O10S2/c35-9-7-25-19-29-21(33-23(37)31-19)27-15-5-3-13(17(11-15)45(39,40)41)1-2-14-4-6-16(12-18(14)46(42,43)44)28-22-30-20(26-8-10-36)32-24(38)34-22/h1-6,11-12,35-36H,7-10H2,(H,39,40,41)(H,42,43,44)(H3,25,27,29,31,33,37)(H3,26,28,30,32,34,38). The second-order valence-corrected chi connectivity index (χ2v) is 11.8. The maximum absolute atomic E-state index is 12.2. The molecule has 244 valence electrons. The van der Waals surface area contributed by atoms with Gasteiger partial charge in [0.1, 0.15) is 9.79 Å². The van der Waals surface area contributed by atoms with E-state index in [0.29, 0.717) is 0 Å². The number of hydrogen-bond donors (Lipinski definition) is 10. The molecular weight excluding hydrogens is 652 g/mol. The fourth-order valence-corrected chi connectivity index (χ4v) is 5.20. The Morgan fingerprint density at radius 3 is 1.39 bits per heavy atom. The summed E-state index contributed by atoms with van der Waals surface area (Å²) in [5, 5.41) is 28.4. The third-order valence-electron chi connectivity index (χ3n) is 5.64. The molecule has 0 aliphatic heterocycles. The van der Waals surface area contributed by atoms with Gasteiger partial charge >= 0.3 is 11.4 Å². The van der Waals surface area contributed by atoms with E-state index >= 15 is 0 Å². The van der Waals surface area contributed by atoms with E-state index < -0.39 is 41.4 Å². The number of rotatable bonds is 14. The van der Waals surface area contributed by atoms with E-state index in [2.05, 4.69) is 51.2 Å². The molecule has 46 heavy (non-hydrogen) atoms. The van der Waals surface area contributed by atoms with Gasteiger partial charge in [-0.15, -0.1) is 0 Å². The van der Waals surface area contributed by atoms with Crippen LogP contribution in [-0.4, -0.2) is 92.4 Å². The Labute approximate surface area is 259 Å². The Morgan fingerprint density at radius 2 is 1.04 bits per heavy atom. The van der Waals surface area contributed by atoms with Crippen LogP contribution in [0.2, 0.25) is 0 Å². The van der Waals surface area contributed by atoms with Crippen molar-refractivity contribution >= 4 is 67.6 Å². The van der Waals surface area contributed by atoms with E-state index in [1.807, 2.05) is 0 Å². The van der Waals surface area contributed by atoms with Gasteiger partial charge in [0, 0.05) is 24.5 Å². The molecule has 0 aliphatic rings. The first-order valence-electron chi connectivity index (χ1n) is 12.9. The fourth-order valence-electron chi connectivity index (χ4n) is 3.78. The van der Waals surface area contributed by atoms with Gasteiger partial charge in [-0.2, -0.15) is 36.8 Å². The fraction of sp³-hybridized carbons (Fsp3) is 0.167. The lowest BCUT2D eigenvalue weighted by Crippen LogP contribution is -2.19. The molecule has 2 heterocycles. The van der Waals surface area contributed by atoms with E-state index in [1.54, 1.807) is 0 Å². The van der Waals surface area contributed by atoms with Crippen LogP contribution in [0.3, 0.4) is 0 Å². The van der Waals surface area contributed by atoms with Gasteiger partial charge in [0.05, 0.1) is 13.2 Å². The van der Waals surface area contributed by atoms with Gasteiger partial charge in [-0.05, 0) is 35.4 Å². The lowest BCUT2D eigenvalue weighted by molar-refractivity contribution is 0.310. The summed E-state index contributed by atoms with van der Waals surface area (Å²) in [5.41, 5.74) is -1.63. The Kier molecular flexibility index (Phi) is 10.4. The first kappa shape index (κ1) is 33.6. The maximum atomic E-state index is 12.2. The molecular formula is C24H26N10O10S2. The zero-order chi connectivity index (χ0) is 33.5. The van der Waals surface area contributed by atoms with Crippen molar-refractivity contribution in [3.8, 4) is 0 Å². The predicted octanol–water partition coefficient (Wildman–Crippen LogP) is -0.397. The topological polar surface area (TPSA) is 315 Å². The highest BCUT2D eigenvalue weighted by atomic mass is 32.2. The molecule has 2 aromatic heterocycles. The molecule has 0 bridgehead atoms. The minimum absolute atomic E-state index is 0.0584. The van der Waals surface area contributed by atoms with Crippen LogP contribution in [0, 0.1) is 0 Å². The summed E-state index contributed by atoms with van der Waals surface area (Å²) < 4.78 is 68.7. The molecule has 10 N–H and O–H groups in total. The van der Waals surface area contributed by atoms with Crippen molar-refractivity contribution < 1.29 is 36.2 Å². The quantitative estimate of drug-likeness (QED) is 0.0599. The van der Waals surface area contributed by atoms with Crippen LogP contribution in [0.5, 0.6) is 0 Å². The molecule has 0 radical (unpaired) electrons. The van der Waals surface area contributed by atoms with Crippen molar-refractivity contribution in [1.29, 1.82) is 0 Å². The smallest absolute Gasteiger partial charge is 0.351 e. The van der Waals surface area contributed by atoms with Gasteiger partial charge in [0.2, 0.25) is 23.8 Å². The first-order valence-corrected chi connectivity index (χ1v) is 15.7. The Morgan fingerprint density at radius 1 is 0.652 bits per heavy atom. The second kappa shape index (κ2) is 14.2. The first-order chi connectivity index (χ1) is 21.7. The monoisotopic (exact) mass is 678 g/mol. The molecule has 0 atom stereocenters. The third kappa shape index (κ3) is 9.13. The van der Waals surface area contributed by atoms with Crippen LogP contribution >= 0.6 is 0 Å². The average molecular weight is 679 g/mol. The van der Waals surface area contributed by atoms with E-state index in [-0.39, 0.29) is 72.6 Å². The number of aromatic nitrogens is 6. The molecule has 0 saturated heterocycles. The third-order valence-corrected chi connectivity index (χ3v) is 7.46. The summed E-state index contributed by atoms with van der Waals surface area (Å²) >= 11 is 0. The average Bonchev–Trinajstić information content (AvgIpc) is 2.97. The van der Waals surface area contributed by atoms with E-state index in [1.165, 1.54) is 36.4 Å². The summed E-state index contributed by atoms with van der Waals surface area (Å²) in [6, 6.07) is 7.33. The van der Waals surface area contributed by atoms with E-state index in [0.717, 1.165) is 12.1 Å². The molecule has 0 saturated carbocycles. The molecule has 0 aliphatic carbocycles. The van der Waals surface area contributed by atoms with Gasteiger partial charge in [0.25, 0.3) is 20.2 Å². The van der Waals surface area contributed by atoms with Crippen LogP contribution in [-0.2, 0) is 20.2 Å². The Bertz CT molecular complexity index is 1950. The lowest BCUT2D eigenvalue weighted by Gasteiger charge is -2.11. The van der Waals surface area contributed by atoms with Gasteiger partial charge in [0.15, 0.2) is 0 Å². The summed E-state index contributed by atoms with van der Waals surface area (Å²) in [4.78, 5) is 42.3. The maximum Gasteiger partial charge on any atom is 0.351 e. The molecule has 4 aromatic rings. The minimum Gasteiger partial charge on any atom is -0.395 e. The molecule has 4 rings (SSSR count). The molecule has 2 aromatic carbocycles. The number of nitrogens with zero attached hydrogens (tertiary/aromatic N) is 4. The van der Waals surface area contributed by atoms with Gasteiger partial charge in [-0.25, -0.2) is 9.59 Å². The van der Waals surface area contributed by atoms with Gasteiger partial charge in [-0.1, -0.05) is 24.3 Å². The van der Waals surface area contributed by atoms with Gasteiger partial charge < -0.3 is 31.5 Å². The summed E-state index contributed by atoms with van der Waals surface area (Å²) in [5.74, 6) is -0.507. The minimum atomic E-state index is -4.85. The normalized spacial score (nSPS) is 11.8. The summed E-state index contributed by atoms with van der Waals surface area (Å²) in [6.07, 6.45) is 2.35. The zero-order valence-corrected chi connectivity index (χ0v) is 24.9. The highest BCUT2D eigenvalue weighted by Crippen LogP contribution is 2.27. The Hall–Kier alpha value is -5.26. The highest BCUT2D eigenvalue weighted by molar-refractivity contribution is 7.86. The number of aromatic amines is 2. The summed E-state index contributed by atoms with van der Waals surface area (Å²) in [7, 11) is -9.70. The zero-order valence-electron chi connectivity index (χ0n) is 23.3. The SMILES string of the molecule is O=c1nc(NCCO)nc(Nc2ccc(C=Cc3ccc(Nc4nc(NCCO)nc(=O)[nH]4)cc3S(=O)(=O)O)c(S(=O)(=O)O)c2)[nH]1. The van der Waals surface area contributed by atoms with Crippen LogP contribution in [0.4, 0.5) is 35.2 Å². The molecule has 0 amide bonds. The van der Waals surface area contributed by atoms with Crippen LogP contribution in [0.1, 0.15) is 11.1 Å². The van der Waals surface area contributed by atoms with Crippen molar-refractivity contribution in [3.05, 3.63) is 68.5 Å². The largest absolute Gasteiger partial charge is 0.395 e. The molecule has 22 heteroatoms. The van der Waals surface area contributed by atoms with Gasteiger partial charge in [-0.3, -0.25) is 19.1 Å². The number of anilines is 6. The van der Waals surface area contributed by atoms with Crippen molar-refractivity contribution in [1.82, 2.24) is 29.9 Å². The second-order valence-electron chi connectivity index (χ2n) is 8.99. The van der Waals surface area contributed by atoms with Crippen molar-refractivity contribution in [2.45, 2.75) is 9.79 Å². The number of hydrogen-bond acceptors (Lipinski definition) is 16. The van der Waals surface area contributed by atoms with Crippen LogP contribution in [0.15, 0.2) is 55.8 Å².